The first-order valence-corrected chi connectivity index (χ1v) is 16.0. The van der Waals surface area contributed by atoms with E-state index in [9.17, 15) is 28.4 Å². The number of anilines is 2. The molecule has 0 bridgehead atoms. The Morgan fingerprint density at radius 1 is 0.920 bits per heavy atom. The Balaban J connectivity index is 1.38. The van der Waals surface area contributed by atoms with Crippen LogP contribution in [0.3, 0.4) is 0 Å². The number of para-hydroxylation sites is 1. The molecule has 4 aromatic rings. The Hall–Kier alpha value is -5.99. The lowest BCUT2D eigenvalue weighted by Gasteiger charge is -2.39. The molecule has 1 atom stereocenters. The highest BCUT2D eigenvalue weighted by Crippen LogP contribution is 2.37. The van der Waals surface area contributed by atoms with Gasteiger partial charge in [-0.3, -0.25) is 29.0 Å². The summed E-state index contributed by atoms with van der Waals surface area (Å²) >= 11 is 0. The Morgan fingerprint density at radius 2 is 1.60 bits per heavy atom. The predicted molar refractivity (Wildman–Crippen MR) is 182 cm³/mol. The second kappa shape index (κ2) is 14.2. The molecule has 15 heteroatoms. The van der Waals surface area contributed by atoms with Gasteiger partial charge < -0.3 is 24.7 Å². The van der Waals surface area contributed by atoms with Gasteiger partial charge in [0.15, 0.2) is 5.82 Å². The van der Waals surface area contributed by atoms with Gasteiger partial charge in [-0.2, -0.15) is 0 Å². The van der Waals surface area contributed by atoms with Crippen molar-refractivity contribution in [3.63, 3.8) is 0 Å². The highest BCUT2D eigenvalue weighted by molar-refractivity contribution is 6.05. The minimum Gasteiger partial charge on any atom is -0.497 e. The number of rotatable bonds is 9. The van der Waals surface area contributed by atoms with Gasteiger partial charge in [0, 0.05) is 37.7 Å². The number of urea groups is 1. The number of hydrogen-bond donors (Lipinski definition) is 1. The lowest BCUT2D eigenvalue weighted by Crippen LogP contribution is -2.58. The Morgan fingerprint density at radius 3 is 2.26 bits per heavy atom. The molecule has 0 radical (unpaired) electrons. The van der Waals surface area contributed by atoms with E-state index in [1.54, 1.807) is 59.3 Å². The van der Waals surface area contributed by atoms with Gasteiger partial charge in [0.1, 0.15) is 23.9 Å². The Labute approximate surface area is 286 Å². The van der Waals surface area contributed by atoms with E-state index in [0.717, 1.165) is 4.90 Å². The van der Waals surface area contributed by atoms with E-state index in [4.69, 9.17) is 14.5 Å². The van der Waals surface area contributed by atoms with Crippen LogP contribution < -0.4 is 30.3 Å². The van der Waals surface area contributed by atoms with Gasteiger partial charge in [0.05, 0.1) is 49.9 Å². The topological polar surface area (TPSA) is 147 Å². The number of likely N-dealkylation sites (tertiary alicyclic amines) is 1. The van der Waals surface area contributed by atoms with Gasteiger partial charge in [-0.05, 0) is 55.5 Å². The number of benzene rings is 3. The van der Waals surface area contributed by atoms with E-state index in [1.165, 1.54) is 48.1 Å². The molecule has 3 heterocycles. The SMILES string of the molecule is COc1ccc(N(C(=O)Nc2ccc(F)cc2)C(C)c2nc3ccccc3c(=O)n2N2CCN(C(=O)CN3C(=O)CCC3=O)CC2)c(OC)c1. The summed E-state index contributed by atoms with van der Waals surface area (Å²) in [6, 6.07) is 15.6. The van der Waals surface area contributed by atoms with Crippen LogP contribution in [0.1, 0.15) is 31.6 Å². The van der Waals surface area contributed by atoms with Crippen LogP contribution in [0.15, 0.2) is 71.5 Å². The third-order valence-electron chi connectivity index (χ3n) is 8.84. The molecule has 260 valence electrons. The molecule has 0 aliphatic carbocycles. The molecular formula is C35H36FN7O7. The number of aromatic nitrogens is 2. The van der Waals surface area contributed by atoms with Gasteiger partial charge >= 0.3 is 6.03 Å². The van der Waals surface area contributed by atoms with E-state index in [2.05, 4.69) is 5.32 Å². The van der Waals surface area contributed by atoms with Gasteiger partial charge in [-0.1, -0.05) is 12.1 Å². The number of nitrogens with zero attached hydrogens (tertiary/aromatic N) is 6. The zero-order valence-electron chi connectivity index (χ0n) is 27.8. The molecule has 14 nitrogen and oxygen atoms in total. The summed E-state index contributed by atoms with van der Waals surface area (Å²) in [5.41, 5.74) is 0.731. The largest absolute Gasteiger partial charge is 0.497 e. The fraction of sp³-hybridized carbons (Fsp3) is 0.314. The molecule has 2 aliphatic heterocycles. The van der Waals surface area contributed by atoms with Gasteiger partial charge in [-0.25, -0.2) is 18.8 Å². The smallest absolute Gasteiger partial charge is 0.327 e. The van der Waals surface area contributed by atoms with E-state index in [0.29, 0.717) is 33.8 Å². The molecule has 1 unspecified atom stereocenters. The van der Waals surface area contributed by atoms with Crippen molar-refractivity contribution in [2.24, 2.45) is 0 Å². The van der Waals surface area contributed by atoms with E-state index >= 15 is 0 Å². The fourth-order valence-corrected chi connectivity index (χ4v) is 6.17. The molecule has 2 saturated heterocycles. The lowest BCUT2D eigenvalue weighted by molar-refractivity contribution is -0.145. The van der Waals surface area contributed by atoms with Crippen LogP contribution in [0.2, 0.25) is 0 Å². The monoisotopic (exact) mass is 685 g/mol. The first-order chi connectivity index (χ1) is 24.1. The van der Waals surface area contributed by atoms with Crippen molar-refractivity contribution >= 4 is 46.0 Å². The molecule has 3 aromatic carbocycles. The van der Waals surface area contributed by atoms with Crippen molar-refractivity contribution in [1.82, 2.24) is 19.5 Å². The first-order valence-electron chi connectivity index (χ1n) is 16.0. The standard InChI is InChI=1S/C35H36FN7O7/c1-22(42(28-13-12-25(49-2)20-29(28)50-3)35(48)37-24-10-8-23(36)9-11-24)33-38-27-7-5-4-6-26(27)34(47)43(33)40-18-16-39(17-19-40)32(46)21-41-30(44)14-15-31(41)45/h4-13,20,22H,14-19,21H2,1-3H3,(H,37,48). The third kappa shape index (κ3) is 6.66. The minimum absolute atomic E-state index is 0.0973. The molecule has 0 spiro atoms. The average molecular weight is 686 g/mol. The van der Waals surface area contributed by atoms with Gasteiger partial charge in [-0.15, -0.1) is 0 Å². The van der Waals surface area contributed by atoms with Crippen molar-refractivity contribution in [3.8, 4) is 11.5 Å². The van der Waals surface area contributed by atoms with Crippen LogP contribution >= 0.6 is 0 Å². The van der Waals surface area contributed by atoms with E-state index < -0.39 is 17.9 Å². The number of piperazine rings is 1. The van der Waals surface area contributed by atoms with Crippen LogP contribution in [0.25, 0.3) is 10.9 Å². The van der Waals surface area contributed by atoms with E-state index in [1.807, 2.05) is 0 Å². The van der Waals surface area contributed by atoms with Crippen molar-refractivity contribution < 1.29 is 33.0 Å². The number of carbonyl (C=O) groups is 4. The zero-order chi connectivity index (χ0) is 35.5. The first kappa shape index (κ1) is 33.9. The van der Waals surface area contributed by atoms with Crippen molar-refractivity contribution in [3.05, 3.63) is 88.7 Å². The molecule has 2 aliphatic rings. The normalized spacial score (nSPS) is 15.3. The summed E-state index contributed by atoms with van der Waals surface area (Å²) in [5.74, 6) is -0.526. The number of carbonyl (C=O) groups excluding carboxylic acids is 4. The average Bonchev–Trinajstić information content (AvgIpc) is 3.44. The summed E-state index contributed by atoms with van der Waals surface area (Å²) in [4.78, 5) is 74.6. The number of methoxy groups -OCH3 is 2. The Kier molecular flexibility index (Phi) is 9.65. The lowest BCUT2D eigenvalue weighted by atomic mass is 10.1. The molecule has 1 N–H and O–H groups in total. The van der Waals surface area contributed by atoms with Gasteiger partial charge in [0.25, 0.3) is 5.56 Å². The molecule has 50 heavy (non-hydrogen) atoms. The summed E-state index contributed by atoms with van der Waals surface area (Å²) < 4.78 is 26.2. The number of imide groups is 1. The number of nitrogens with one attached hydrogen (secondary N) is 1. The predicted octanol–water partition coefficient (Wildman–Crippen LogP) is 3.28. The number of amides is 5. The Bertz CT molecular complexity index is 2000. The van der Waals surface area contributed by atoms with Crippen LogP contribution in [0, 0.1) is 5.82 Å². The van der Waals surface area contributed by atoms with Crippen molar-refractivity contribution in [1.29, 1.82) is 0 Å². The third-order valence-corrected chi connectivity index (χ3v) is 8.84. The second-order valence-electron chi connectivity index (χ2n) is 11.8. The van der Waals surface area contributed by atoms with Crippen LogP contribution in [0.5, 0.6) is 11.5 Å². The quantitative estimate of drug-likeness (QED) is 0.262. The van der Waals surface area contributed by atoms with Crippen LogP contribution in [-0.4, -0.2) is 90.2 Å². The van der Waals surface area contributed by atoms with Crippen LogP contribution in [-0.2, 0) is 14.4 Å². The number of halogens is 1. The molecule has 1 aromatic heterocycles. The highest BCUT2D eigenvalue weighted by Gasteiger charge is 2.35. The minimum atomic E-state index is -0.901. The fourth-order valence-electron chi connectivity index (χ4n) is 6.17. The van der Waals surface area contributed by atoms with Gasteiger partial charge in [0.2, 0.25) is 17.7 Å². The second-order valence-corrected chi connectivity index (χ2v) is 11.8. The molecule has 2 fully saturated rings. The highest BCUT2D eigenvalue weighted by atomic mass is 19.1. The maximum atomic E-state index is 14.3. The van der Waals surface area contributed by atoms with Crippen LogP contribution in [0.4, 0.5) is 20.6 Å². The number of ether oxygens (including phenoxy) is 2. The van der Waals surface area contributed by atoms with Crippen molar-refractivity contribution in [2.75, 3.05) is 62.2 Å². The summed E-state index contributed by atoms with van der Waals surface area (Å²) in [6.07, 6.45) is 0.195. The number of fused-ring (bicyclic) bond motifs is 1. The summed E-state index contributed by atoms with van der Waals surface area (Å²) in [6.45, 7) is 2.28. The molecule has 6 rings (SSSR count). The molecule has 5 amide bonds. The summed E-state index contributed by atoms with van der Waals surface area (Å²) in [5, 5.41) is 4.94. The van der Waals surface area contributed by atoms with Crippen molar-refractivity contribution in [2.45, 2.75) is 25.8 Å². The zero-order valence-corrected chi connectivity index (χ0v) is 27.8. The summed E-state index contributed by atoms with van der Waals surface area (Å²) in [7, 11) is 2.96. The maximum Gasteiger partial charge on any atom is 0.327 e. The molecular weight excluding hydrogens is 649 g/mol. The molecule has 0 saturated carbocycles. The number of hydrogen-bond acceptors (Lipinski definition) is 9. The maximum absolute atomic E-state index is 14.3. The van der Waals surface area contributed by atoms with E-state index in [-0.39, 0.29) is 74.7 Å².